The summed E-state index contributed by atoms with van der Waals surface area (Å²) in [4.78, 5) is 21.3. The number of fused-ring (bicyclic) bond motifs is 1. The van der Waals surface area contributed by atoms with Crippen molar-refractivity contribution >= 4 is 23.1 Å². The van der Waals surface area contributed by atoms with Gasteiger partial charge in [-0.15, -0.1) is 0 Å². The third-order valence-corrected chi connectivity index (χ3v) is 2.79. The molecule has 0 fully saturated rings. The Hall–Kier alpha value is -2.23. The number of hydrogen-bond acceptors (Lipinski definition) is 3. The van der Waals surface area contributed by atoms with Crippen molar-refractivity contribution in [1.29, 1.82) is 0 Å². The van der Waals surface area contributed by atoms with Crippen LogP contribution in [0.2, 0.25) is 0 Å². The number of hydrogen-bond donors (Lipinski definition) is 0. The number of carbonyl (C=O) groups is 1. The second-order valence-corrected chi connectivity index (χ2v) is 4.01. The molecule has 17 heavy (non-hydrogen) atoms. The topological polar surface area (TPSA) is 45.6 Å². The number of nitrogens with zero attached hydrogens (tertiary/aromatic N) is 3. The van der Waals surface area contributed by atoms with E-state index < -0.39 is 0 Å². The number of benzene rings is 1. The van der Waals surface area contributed by atoms with Crippen molar-refractivity contribution in [2.45, 2.75) is 6.54 Å². The lowest BCUT2D eigenvalue weighted by Gasteiger charge is -2.12. The second-order valence-electron chi connectivity index (χ2n) is 4.01. The molecule has 1 aromatic heterocycles. The second kappa shape index (κ2) is 3.97. The zero-order valence-corrected chi connectivity index (χ0v) is 9.21. The van der Waals surface area contributed by atoms with Crippen LogP contribution in [0.25, 0.3) is 10.9 Å². The number of carbonyl (C=O) groups excluding carboxylic acids is 1. The molecule has 0 N–H and O–H groups in total. The molecule has 0 radical (unpaired) electrons. The van der Waals surface area contributed by atoms with E-state index in [0.29, 0.717) is 6.54 Å². The summed E-state index contributed by atoms with van der Waals surface area (Å²) in [5.41, 5.74) is 2.06. The average Bonchev–Trinajstić information content (AvgIpc) is 2.75. The Morgan fingerprint density at radius 3 is 3.06 bits per heavy atom. The molecule has 0 atom stereocenters. The van der Waals surface area contributed by atoms with Crippen molar-refractivity contribution in [3.05, 3.63) is 42.1 Å². The van der Waals surface area contributed by atoms with Crippen LogP contribution in [-0.2, 0) is 11.3 Å². The molecular formula is C13H11N3O. The van der Waals surface area contributed by atoms with E-state index in [9.17, 15) is 4.79 Å². The van der Waals surface area contributed by atoms with E-state index in [1.165, 1.54) is 0 Å². The van der Waals surface area contributed by atoms with Gasteiger partial charge in [-0.1, -0.05) is 12.1 Å². The first kappa shape index (κ1) is 9.96. The normalized spacial score (nSPS) is 14.8. The highest BCUT2D eigenvalue weighted by Gasteiger charge is 2.15. The van der Waals surface area contributed by atoms with Gasteiger partial charge in [0.2, 0.25) is 5.91 Å². The van der Waals surface area contributed by atoms with Gasteiger partial charge in [-0.3, -0.25) is 19.7 Å². The van der Waals surface area contributed by atoms with Gasteiger partial charge >= 0.3 is 0 Å². The highest BCUT2D eigenvalue weighted by atomic mass is 16.2. The lowest BCUT2D eigenvalue weighted by molar-refractivity contribution is -0.125. The summed E-state index contributed by atoms with van der Waals surface area (Å²) in [5.74, 6) is 0.0521. The van der Waals surface area contributed by atoms with Gasteiger partial charge in [-0.25, -0.2) is 0 Å². The van der Waals surface area contributed by atoms with E-state index in [-0.39, 0.29) is 12.5 Å². The smallest absolute Gasteiger partial charge is 0.249 e. The first-order chi connectivity index (χ1) is 8.33. The van der Waals surface area contributed by atoms with Crippen LogP contribution in [0, 0.1) is 0 Å². The molecule has 0 unspecified atom stereocenters. The molecule has 0 saturated carbocycles. The van der Waals surface area contributed by atoms with Gasteiger partial charge in [0.15, 0.2) is 0 Å². The first-order valence-corrected chi connectivity index (χ1v) is 5.46. The number of aliphatic imine (C=N–C) groups is 1. The molecule has 1 aromatic carbocycles. The van der Waals surface area contributed by atoms with E-state index in [1.54, 1.807) is 17.4 Å². The fraction of sp³-hybridized carbons (Fsp3) is 0.154. The molecule has 3 rings (SSSR count). The average molecular weight is 225 g/mol. The van der Waals surface area contributed by atoms with Crippen molar-refractivity contribution < 1.29 is 4.79 Å². The van der Waals surface area contributed by atoms with E-state index >= 15 is 0 Å². The Labute approximate surface area is 98.6 Å². The molecule has 2 heterocycles. The fourth-order valence-electron chi connectivity index (χ4n) is 1.92. The predicted octanol–water partition coefficient (Wildman–Crippen LogP) is 1.61. The third-order valence-electron chi connectivity index (χ3n) is 2.79. The molecule has 84 valence electrons. The van der Waals surface area contributed by atoms with Gasteiger partial charge in [0.05, 0.1) is 18.4 Å². The Morgan fingerprint density at radius 2 is 2.24 bits per heavy atom. The summed E-state index contributed by atoms with van der Waals surface area (Å²) in [6.45, 7) is 0.850. The minimum atomic E-state index is 0.0521. The van der Waals surface area contributed by atoms with Crippen LogP contribution in [0.1, 0.15) is 5.56 Å². The Bertz CT molecular complexity index is 606. The number of rotatable bonds is 2. The molecular weight excluding hydrogens is 214 g/mol. The zero-order valence-electron chi connectivity index (χ0n) is 9.21. The monoisotopic (exact) mass is 225 g/mol. The number of aromatic nitrogens is 1. The van der Waals surface area contributed by atoms with Gasteiger partial charge in [0.25, 0.3) is 0 Å². The highest BCUT2D eigenvalue weighted by molar-refractivity contribution is 5.94. The van der Waals surface area contributed by atoms with E-state index in [0.717, 1.165) is 16.5 Å². The van der Waals surface area contributed by atoms with Crippen LogP contribution in [-0.4, -0.2) is 28.7 Å². The van der Waals surface area contributed by atoms with Crippen LogP contribution in [0.3, 0.4) is 0 Å². The van der Waals surface area contributed by atoms with Gasteiger partial charge in [0, 0.05) is 11.6 Å². The summed E-state index contributed by atoms with van der Waals surface area (Å²) in [5, 5.41) is 1.09. The largest absolute Gasteiger partial charge is 0.297 e. The maximum absolute atomic E-state index is 11.4. The number of pyridine rings is 1. The van der Waals surface area contributed by atoms with E-state index in [4.69, 9.17) is 0 Å². The summed E-state index contributed by atoms with van der Waals surface area (Å²) >= 11 is 0. The molecule has 0 spiro atoms. The minimum absolute atomic E-state index is 0.0521. The van der Waals surface area contributed by atoms with Crippen molar-refractivity contribution in [2.75, 3.05) is 6.54 Å². The summed E-state index contributed by atoms with van der Waals surface area (Å²) in [6.07, 6.45) is 3.38. The molecule has 2 aromatic rings. The van der Waals surface area contributed by atoms with Crippen molar-refractivity contribution in [2.24, 2.45) is 4.99 Å². The summed E-state index contributed by atoms with van der Waals surface area (Å²) in [6, 6.07) is 9.96. The minimum Gasteiger partial charge on any atom is -0.297 e. The van der Waals surface area contributed by atoms with E-state index in [1.807, 2.05) is 24.3 Å². The molecule has 1 aliphatic rings. The van der Waals surface area contributed by atoms with Gasteiger partial charge in [-0.05, 0) is 23.8 Å². The maximum Gasteiger partial charge on any atom is 0.249 e. The lowest BCUT2D eigenvalue weighted by Crippen LogP contribution is -2.25. The zero-order chi connectivity index (χ0) is 11.7. The number of amides is 1. The molecule has 0 saturated heterocycles. The lowest BCUT2D eigenvalue weighted by atomic mass is 10.1. The predicted molar refractivity (Wildman–Crippen MR) is 65.7 cm³/mol. The Morgan fingerprint density at radius 1 is 1.29 bits per heavy atom. The van der Waals surface area contributed by atoms with Crippen LogP contribution < -0.4 is 0 Å². The molecule has 1 amide bonds. The van der Waals surface area contributed by atoms with Gasteiger partial charge < -0.3 is 0 Å². The quantitative estimate of drug-likeness (QED) is 0.779. The van der Waals surface area contributed by atoms with Crippen molar-refractivity contribution in [1.82, 2.24) is 9.88 Å². The van der Waals surface area contributed by atoms with Gasteiger partial charge in [0.1, 0.15) is 6.54 Å². The molecule has 4 heteroatoms. The molecule has 4 nitrogen and oxygen atoms in total. The van der Waals surface area contributed by atoms with Crippen molar-refractivity contribution in [3.63, 3.8) is 0 Å². The first-order valence-electron chi connectivity index (χ1n) is 5.46. The molecule has 0 aliphatic carbocycles. The van der Waals surface area contributed by atoms with E-state index in [2.05, 4.69) is 16.0 Å². The molecule has 1 aliphatic heterocycles. The summed E-state index contributed by atoms with van der Waals surface area (Å²) < 4.78 is 0. The third kappa shape index (κ3) is 1.89. The standard InChI is InChI=1S/C13H11N3O/c17-13-7-14-9-16(13)8-10-3-4-12-11(6-10)2-1-5-15-12/h1-6,9H,7-8H2. The van der Waals surface area contributed by atoms with Crippen LogP contribution >= 0.6 is 0 Å². The van der Waals surface area contributed by atoms with Crippen LogP contribution in [0.4, 0.5) is 0 Å². The Kier molecular flexibility index (Phi) is 2.33. The SMILES string of the molecule is O=C1CN=CN1Cc1ccc2ncccc2c1. The van der Waals surface area contributed by atoms with Crippen LogP contribution in [0.15, 0.2) is 41.5 Å². The fourth-order valence-corrected chi connectivity index (χ4v) is 1.92. The van der Waals surface area contributed by atoms with Gasteiger partial charge in [-0.2, -0.15) is 0 Å². The summed E-state index contributed by atoms with van der Waals surface area (Å²) in [7, 11) is 0. The van der Waals surface area contributed by atoms with Crippen LogP contribution in [0.5, 0.6) is 0 Å². The van der Waals surface area contributed by atoms with Crippen molar-refractivity contribution in [3.8, 4) is 0 Å². The Balaban J connectivity index is 1.90. The maximum atomic E-state index is 11.4. The molecule has 0 bridgehead atoms. The highest BCUT2D eigenvalue weighted by Crippen LogP contribution is 2.15.